The Bertz CT molecular complexity index is 465. The first-order valence-electron chi connectivity index (χ1n) is 7.35. The van der Waals surface area contributed by atoms with Crippen LogP contribution in [0.25, 0.3) is 0 Å². The van der Waals surface area contributed by atoms with Crippen LogP contribution in [0.4, 0.5) is 11.4 Å². The summed E-state index contributed by atoms with van der Waals surface area (Å²) in [7, 11) is 3.97. The van der Waals surface area contributed by atoms with Crippen LogP contribution in [0, 0.1) is 0 Å². The number of nitrogens with zero attached hydrogens (tertiary/aromatic N) is 1. The second-order valence-electron chi connectivity index (χ2n) is 6.09. The second kappa shape index (κ2) is 6.27. The number of amides is 1. The Kier molecular flexibility index (Phi) is 4.65. The van der Waals surface area contributed by atoms with Crippen molar-refractivity contribution < 1.29 is 4.79 Å². The first-order chi connectivity index (χ1) is 9.48. The third-order valence-corrected chi connectivity index (χ3v) is 4.01. The molecule has 1 aromatic carbocycles. The van der Waals surface area contributed by atoms with Crippen LogP contribution in [0.15, 0.2) is 24.3 Å². The first kappa shape index (κ1) is 14.9. The molecule has 0 bridgehead atoms. The van der Waals surface area contributed by atoms with Gasteiger partial charge in [-0.3, -0.25) is 4.79 Å². The van der Waals surface area contributed by atoms with Gasteiger partial charge in [-0.25, -0.2) is 0 Å². The molecule has 110 valence electrons. The van der Waals surface area contributed by atoms with E-state index in [0.717, 1.165) is 37.1 Å². The fourth-order valence-corrected chi connectivity index (χ4v) is 2.82. The van der Waals surface area contributed by atoms with E-state index >= 15 is 0 Å². The summed E-state index contributed by atoms with van der Waals surface area (Å²) in [5, 5.41) is 2.96. The van der Waals surface area contributed by atoms with Gasteiger partial charge in [0.05, 0.1) is 0 Å². The quantitative estimate of drug-likeness (QED) is 0.888. The van der Waals surface area contributed by atoms with Gasteiger partial charge in [0.1, 0.15) is 0 Å². The molecule has 0 aromatic heterocycles. The lowest BCUT2D eigenvalue weighted by atomic mass is 9.80. The fraction of sp³-hybridized carbons (Fsp3) is 0.562. The van der Waals surface area contributed by atoms with E-state index in [4.69, 9.17) is 5.73 Å². The molecule has 4 heteroatoms. The largest absolute Gasteiger partial charge is 0.378 e. The number of rotatable bonds is 4. The highest BCUT2D eigenvalue weighted by Gasteiger charge is 2.29. The van der Waals surface area contributed by atoms with Gasteiger partial charge in [-0.15, -0.1) is 0 Å². The smallest absolute Gasteiger partial charge is 0.226 e. The Hall–Kier alpha value is -1.55. The molecule has 20 heavy (non-hydrogen) atoms. The summed E-state index contributed by atoms with van der Waals surface area (Å²) >= 11 is 0. The molecular formula is C16H25N3O. The highest BCUT2D eigenvalue weighted by Crippen LogP contribution is 2.29. The predicted molar refractivity (Wildman–Crippen MR) is 84.0 cm³/mol. The maximum atomic E-state index is 12.2. The highest BCUT2D eigenvalue weighted by molar-refractivity contribution is 5.92. The van der Waals surface area contributed by atoms with Crippen molar-refractivity contribution in [3.05, 3.63) is 24.3 Å². The minimum absolute atomic E-state index is 0.0188. The van der Waals surface area contributed by atoms with Crippen LogP contribution in [-0.2, 0) is 4.79 Å². The fourth-order valence-electron chi connectivity index (χ4n) is 2.82. The second-order valence-corrected chi connectivity index (χ2v) is 6.09. The van der Waals surface area contributed by atoms with Crippen molar-refractivity contribution in [3.8, 4) is 0 Å². The maximum absolute atomic E-state index is 12.2. The summed E-state index contributed by atoms with van der Waals surface area (Å²) in [6.07, 6.45) is 5.85. The number of hydrogen-bond donors (Lipinski definition) is 2. The van der Waals surface area contributed by atoms with E-state index in [2.05, 4.69) is 5.32 Å². The topological polar surface area (TPSA) is 58.4 Å². The lowest BCUT2D eigenvalue weighted by molar-refractivity contribution is -0.117. The van der Waals surface area contributed by atoms with Gasteiger partial charge in [0.2, 0.25) is 5.91 Å². The van der Waals surface area contributed by atoms with Crippen LogP contribution >= 0.6 is 0 Å². The third kappa shape index (κ3) is 3.97. The molecule has 3 N–H and O–H groups in total. The molecule has 0 heterocycles. The van der Waals surface area contributed by atoms with E-state index in [-0.39, 0.29) is 11.4 Å². The zero-order valence-electron chi connectivity index (χ0n) is 12.5. The molecule has 0 atom stereocenters. The van der Waals surface area contributed by atoms with Gasteiger partial charge in [0.15, 0.2) is 0 Å². The van der Waals surface area contributed by atoms with Gasteiger partial charge < -0.3 is 16.0 Å². The van der Waals surface area contributed by atoms with E-state index in [1.165, 1.54) is 6.42 Å². The Morgan fingerprint density at radius 1 is 1.30 bits per heavy atom. The monoisotopic (exact) mass is 275 g/mol. The van der Waals surface area contributed by atoms with E-state index in [1.54, 1.807) is 0 Å². The number of nitrogens with two attached hydrogens (primary N) is 1. The number of benzene rings is 1. The Morgan fingerprint density at radius 2 is 2.00 bits per heavy atom. The summed E-state index contributed by atoms with van der Waals surface area (Å²) in [4.78, 5) is 14.2. The molecule has 1 fully saturated rings. The molecule has 0 aliphatic heterocycles. The van der Waals surface area contributed by atoms with Crippen molar-refractivity contribution >= 4 is 17.3 Å². The zero-order chi connectivity index (χ0) is 14.6. The van der Waals surface area contributed by atoms with Gasteiger partial charge >= 0.3 is 0 Å². The molecule has 0 spiro atoms. The Balaban J connectivity index is 1.95. The standard InChI is InChI=1S/C16H25N3O/c1-19(2)14-8-6-7-13(11-14)18-15(20)12-16(17)9-4-3-5-10-16/h6-8,11H,3-5,9-10,12,17H2,1-2H3,(H,18,20). The maximum Gasteiger partial charge on any atom is 0.226 e. The van der Waals surface area contributed by atoms with Gasteiger partial charge in [-0.2, -0.15) is 0 Å². The minimum atomic E-state index is -0.304. The molecule has 0 saturated heterocycles. The SMILES string of the molecule is CN(C)c1cccc(NC(=O)CC2(N)CCCCC2)c1. The van der Waals surface area contributed by atoms with Gasteiger partial charge in [-0.1, -0.05) is 25.3 Å². The predicted octanol–water partition coefficient (Wildman–Crippen LogP) is 2.74. The van der Waals surface area contributed by atoms with E-state index in [0.29, 0.717) is 6.42 Å². The average molecular weight is 275 g/mol. The normalized spacial score (nSPS) is 17.6. The number of hydrogen-bond acceptors (Lipinski definition) is 3. The summed E-state index contributed by atoms with van der Waals surface area (Å²) in [5.41, 5.74) is 7.92. The highest BCUT2D eigenvalue weighted by atomic mass is 16.1. The summed E-state index contributed by atoms with van der Waals surface area (Å²) in [5.74, 6) is 0.0188. The van der Waals surface area contributed by atoms with Crippen molar-refractivity contribution in [1.29, 1.82) is 0 Å². The van der Waals surface area contributed by atoms with Crippen LogP contribution in [0.5, 0.6) is 0 Å². The summed E-state index contributed by atoms with van der Waals surface area (Å²) in [6.45, 7) is 0. The van der Waals surface area contributed by atoms with Crippen molar-refractivity contribution in [1.82, 2.24) is 0 Å². The molecular weight excluding hydrogens is 250 g/mol. The van der Waals surface area contributed by atoms with Gasteiger partial charge in [0.25, 0.3) is 0 Å². The molecule has 0 unspecified atom stereocenters. The Morgan fingerprint density at radius 3 is 2.65 bits per heavy atom. The zero-order valence-corrected chi connectivity index (χ0v) is 12.5. The molecule has 1 aromatic rings. The van der Waals surface area contributed by atoms with Crippen molar-refractivity contribution in [3.63, 3.8) is 0 Å². The summed E-state index contributed by atoms with van der Waals surface area (Å²) < 4.78 is 0. The van der Waals surface area contributed by atoms with Crippen molar-refractivity contribution in [2.24, 2.45) is 5.73 Å². The van der Waals surface area contributed by atoms with Crippen LogP contribution in [0.1, 0.15) is 38.5 Å². The molecule has 2 rings (SSSR count). The van der Waals surface area contributed by atoms with E-state index in [1.807, 2.05) is 43.3 Å². The van der Waals surface area contributed by atoms with Crippen LogP contribution in [-0.4, -0.2) is 25.5 Å². The number of carbonyl (C=O) groups excluding carboxylic acids is 1. The minimum Gasteiger partial charge on any atom is -0.378 e. The lowest BCUT2D eigenvalue weighted by Gasteiger charge is -2.32. The molecule has 1 aliphatic carbocycles. The Labute approximate surface area is 121 Å². The third-order valence-electron chi connectivity index (χ3n) is 4.01. The number of carbonyl (C=O) groups is 1. The first-order valence-corrected chi connectivity index (χ1v) is 7.35. The van der Waals surface area contributed by atoms with Crippen molar-refractivity contribution in [2.45, 2.75) is 44.1 Å². The average Bonchev–Trinajstić information content (AvgIpc) is 2.39. The molecule has 4 nitrogen and oxygen atoms in total. The molecule has 1 aliphatic rings. The summed E-state index contributed by atoms with van der Waals surface area (Å²) in [6, 6.07) is 7.85. The van der Waals surface area contributed by atoms with Crippen LogP contribution in [0.3, 0.4) is 0 Å². The van der Waals surface area contributed by atoms with Crippen LogP contribution < -0.4 is 16.0 Å². The van der Waals surface area contributed by atoms with Crippen LogP contribution in [0.2, 0.25) is 0 Å². The van der Waals surface area contributed by atoms with Gasteiger partial charge in [0, 0.05) is 37.4 Å². The van der Waals surface area contributed by atoms with Gasteiger partial charge in [-0.05, 0) is 31.0 Å². The van der Waals surface area contributed by atoms with E-state index < -0.39 is 0 Å². The molecule has 1 saturated carbocycles. The number of anilines is 2. The molecule has 1 amide bonds. The van der Waals surface area contributed by atoms with E-state index in [9.17, 15) is 4.79 Å². The van der Waals surface area contributed by atoms with Crippen molar-refractivity contribution in [2.75, 3.05) is 24.3 Å². The number of nitrogens with one attached hydrogen (secondary N) is 1. The molecule has 0 radical (unpaired) electrons. The lowest BCUT2D eigenvalue weighted by Crippen LogP contribution is -2.44.